The minimum atomic E-state index is -0.0769. The Kier molecular flexibility index (Phi) is 4.76. The maximum Gasteiger partial charge on any atom is 0.162 e. The van der Waals surface area contributed by atoms with Crippen LogP contribution in [-0.4, -0.2) is 12.3 Å². The van der Waals surface area contributed by atoms with Crippen LogP contribution in [0.25, 0.3) is 0 Å². The normalized spacial score (nSPS) is 12.4. The van der Waals surface area contributed by atoms with Crippen LogP contribution in [0.5, 0.6) is 5.75 Å². The Bertz CT molecular complexity index is 564. The van der Waals surface area contributed by atoms with Gasteiger partial charge in [-0.3, -0.25) is 0 Å². The van der Waals surface area contributed by atoms with Gasteiger partial charge < -0.3 is 19.7 Å². The van der Waals surface area contributed by atoms with E-state index in [0.29, 0.717) is 19.0 Å². The molecule has 5 heteroatoms. The van der Waals surface area contributed by atoms with E-state index in [1.165, 1.54) is 0 Å². The number of hydrogen-bond donors (Lipinski definition) is 1. The molecule has 0 bridgehead atoms. The molecular formula is C15H20N2O3. The van der Waals surface area contributed by atoms with Gasteiger partial charge in [-0.2, -0.15) is 0 Å². The molecule has 2 rings (SSSR count). The second-order valence-corrected chi connectivity index (χ2v) is 4.84. The van der Waals surface area contributed by atoms with Crippen molar-refractivity contribution in [2.75, 3.05) is 7.11 Å². The number of aryl methyl sites for hydroxylation is 1. The Labute approximate surface area is 118 Å². The zero-order valence-corrected chi connectivity index (χ0v) is 12.1. The summed E-state index contributed by atoms with van der Waals surface area (Å²) in [6, 6.07) is 7.75. The average molecular weight is 276 g/mol. The highest BCUT2D eigenvalue weighted by molar-refractivity contribution is 5.39. The molecule has 0 radical (unpaired) electrons. The predicted octanol–water partition coefficient (Wildman–Crippen LogP) is 2.73. The molecule has 0 fully saturated rings. The third-order valence-electron chi connectivity index (χ3n) is 2.93. The third kappa shape index (κ3) is 3.59. The van der Waals surface area contributed by atoms with Crippen LogP contribution in [0, 0.1) is 6.92 Å². The van der Waals surface area contributed by atoms with Gasteiger partial charge in [0, 0.05) is 24.8 Å². The van der Waals surface area contributed by atoms with E-state index in [-0.39, 0.29) is 6.04 Å². The van der Waals surface area contributed by atoms with Crippen molar-refractivity contribution >= 4 is 0 Å². The van der Waals surface area contributed by atoms with E-state index in [0.717, 1.165) is 22.6 Å². The van der Waals surface area contributed by atoms with Crippen molar-refractivity contribution in [2.24, 2.45) is 5.73 Å². The standard InChI is InChI=1S/C15H20N2O3/c1-10-4-5-14(11(2)16)15(6-10)19-8-12-7-13(9-18-3)20-17-12/h4-7,11H,8-9,16H2,1-3H3/t11-/m0/s1. The van der Waals surface area contributed by atoms with Crippen molar-refractivity contribution in [1.82, 2.24) is 5.16 Å². The number of methoxy groups -OCH3 is 1. The molecule has 0 aliphatic rings. The van der Waals surface area contributed by atoms with Gasteiger partial charge in [-0.1, -0.05) is 17.3 Å². The highest BCUT2D eigenvalue weighted by Crippen LogP contribution is 2.26. The molecule has 108 valence electrons. The first kappa shape index (κ1) is 14.6. The van der Waals surface area contributed by atoms with Gasteiger partial charge >= 0.3 is 0 Å². The van der Waals surface area contributed by atoms with E-state index in [1.54, 1.807) is 7.11 Å². The molecule has 0 aliphatic carbocycles. The second-order valence-electron chi connectivity index (χ2n) is 4.84. The molecule has 0 amide bonds. The molecule has 1 aromatic heterocycles. The van der Waals surface area contributed by atoms with Gasteiger partial charge in [-0.25, -0.2) is 0 Å². The van der Waals surface area contributed by atoms with Crippen molar-refractivity contribution < 1.29 is 14.0 Å². The number of hydrogen-bond acceptors (Lipinski definition) is 5. The van der Waals surface area contributed by atoms with E-state index in [9.17, 15) is 0 Å². The van der Waals surface area contributed by atoms with Crippen LogP contribution >= 0.6 is 0 Å². The molecular weight excluding hydrogens is 256 g/mol. The lowest BCUT2D eigenvalue weighted by molar-refractivity contribution is 0.155. The monoisotopic (exact) mass is 276 g/mol. The molecule has 1 heterocycles. The molecule has 1 aromatic carbocycles. The predicted molar refractivity (Wildman–Crippen MR) is 75.3 cm³/mol. The zero-order chi connectivity index (χ0) is 14.5. The molecule has 2 aromatic rings. The van der Waals surface area contributed by atoms with Crippen LogP contribution in [0.2, 0.25) is 0 Å². The number of nitrogens with two attached hydrogens (primary N) is 1. The number of nitrogens with zero attached hydrogens (tertiary/aromatic N) is 1. The Balaban J connectivity index is 2.07. The minimum Gasteiger partial charge on any atom is -0.487 e. The van der Waals surface area contributed by atoms with Crippen LogP contribution < -0.4 is 10.5 Å². The van der Waals surface area contributed by atoms with Crippen LogP contribution in [0.1, 0.15) is 35.5 Å². The number of ether oxygens (including phenoxy) is 2. The maximum atomic E-state index is 5.95. The summed E-state index contributed by atoms with van der Waals surface area (Å²) in [5.41, 5.74) is 8.79. The summed E-state index contributed by atoms with van der Waals surface area (Å²) >= 11 is 0. The number of aromatic nitrogens is 1. The number of rotatable bonds is 6. The van der Waals surface area contributed by atoms with Crippen molar-refractivity contribution in [3.8, 4) is 5.75 Å². The Hall–Kier alpha value is -1.85. The van der Waals surface area contributed by atoms with Gasteiger partial charge in [-0.15, -0.1) is 0 Å². The smallest absolute Gasteiger partial charge is 0.162 e. The van der Waals surface area contributed by atoms with E-state index in [1.807, 2.05) is 38.1 Å². The highest BCUT2D eigenvalue weighted by Gasteiger charge is 2.10. The largest absolute Gasteiger partial charge is 0.487 e. The van der Waals surface area contributed by atoms with E-state index in [2.05, 4.69) is 5.16 Å². The maximum absolute atomic E-state index is 5.95. The van der Waals surface area contributed by atoms with Crippen molar-refractivity contribution in [2.45, 2.75) is 33.1 Å². The summed E-state index contributed by atoms with van der Waals surface area (Å²) in [6.07, 6.45) is 0. The molecule has 5 nitrogen and oxygen atoms in total. The molecule has 0 unspecified atom stereocenters. The lowest BCUT2D eigenvalue weighted by atomic mass is 10.1. The first-order valence-corrected chi connectivity index (χ1v) is 6.52. The summed E-state index contributed by atoms with van der Waals surface area (Å²) < 4.78 is 15.9. The fraction of sp³-hybridized carbons (Fsp3) is 0.400. The summed E-state index contributed by atoms with van der Waals surface area (Å²) in [5.74, 6) is 1.47. The van der Waals surface area contributed by atoms with Crippen molar-refractivity contribution in [1.29, 1.82) is 0 Å². The fourth-order valence-corrected chi connectivity index (χ4v) is 1.93. The molecule has 20 heavy (non-hydrogen) atoms. The first-order valence-electron chi connectivity index (χ1n) is 6.52. The molecule has 2 N–H and O–H groups in total. The van der Waals surface area contributed by atoms with E-state index < -0.39 is 0 Å². The van der Waals surface area contributed by atoms with E-state index >= 15 is 0 Å². The minimum absolute atomic E-state index is 0.0769. The molecule has 0 spiro atoms. The lowest BCUT2D eigenvalue weighted by Gasteiger charge is -2.14. The van der Waals surface area contributed by atoms with Gasteiger partial charge in [0.25, 0.3) is 0 Å². The van der Waals surface area contributed by atoms with Crippen molar-refractivity contribution in [3.63, 3.8) is 0 Å². The average Bonchev–Trinajstić information content (AvgIpc) is 2.84. The number of benzene rings is 1. The van der Waals surface area contributed by atoms with E-state index in [4.69, 9.17) is 19.7 Å². The Morgan fingerprint density at radius 2 is 2.10 bits per heavy atom. The van der Waals surface area contributed by atoms with Crippen LogP contribution in [0.4, 0.5) is 0 Å². The molecule has 1 atom stereocenters. The zero-order valence-electron chi connectivity index (χ0n) is 12.1. The first-order chi connectivity index (χ1) is 9.60. The summed E-state index contributed by atoms with van der Waals surface area (Å²) in [4.78, 5) is 0. The Morgan fingerprint density at radius 1 is 1.30 bits per heavy atom. The second kappa shape index (κ2) is 6.54. The van der Waals surface area contributed by atoms with Gasteiger partial charge in [-0.05, 0) is 25.5 Å². The van der Waals surface area contributed by atoms with Crippen molar-refractivity contribution in [3.05, 3.63) is 46.8 Å². The SMILES string of the molecule is COCc1cc(COc2cc(C)ccc2[C@H](C)N)no1. The quantitative estimate of drug-likeness (QED) is 0.878. The molecule has 0 aliphatic heterocycles. The van der Waals surface area contributed by atoms with Gasteiger partial charge in [0.1, 0.15) is 24.7 Å². The summed E-state index contributed by atoms with van der Waals surface area (Å²) in [7, 11) is 1.61. The fourth-order valence-electron chi connectivity index (χ4n) is 1.93. The van der Waals surface area contributed by atoms with Crippen LogP contribution in [0.3, 0.4) is 0 Å². The van der Waals surface area contributed by atoms with Gasteiger partial charge in [0.05, 0.1) is 0 Å². The topological polar surface area (TPSA) is 70.5 Å². The Morgan fingerprint density at radius 3 is 2.80 bits per heavy atom. The van der Waals surface area contributed by atoms with Gasteiger partial charge in [0.15, 0.2) is 5.76 Å². The van der Waals surface area contributed by atoms with Gasteiger partial charge in [0.2, 0.25) is 0 Å². The summed E-state index contributed by atoms with van der Waals surface area (Å²) in [5, 5.41) is 3.94. The van der Waals surface area contributed by atoms with Crippen LogP contribution in [-0.2, 0) is 18.0 Å². The molecule has 0 saturated carbocycles. The summed E-state index contributed by atoms with van der Waals surface area (Å²) in [6.45, 7) is 4.70. The lowest BCUT2D eigenvalue weighted by Crippen LogP contribution is -2.08. The third-order valence-corrected chi connectivity index (χ3v) is 2.93. The van der Waals surface area contributed by atoms with Crippen LogP contribution in [0.15, 0.2) is 28.8 Å². The molecule has 0 saturated heterocycles. The highest BCUT2D eigenvalue weighted by atomic mass is 16.5.